The van der Waals surface area contributed by atoms with Crippen LogP contribution in [0.5, 0.6) is 0 Å². The highest BCUT2D eigenvalue weighted by atomic mass is 16.1. The lowest BCUT2D eigenvalue weighted by molar-refractivity contribution is 0.0958. The molecule has 31 heavy (non-hydrogen) atoms. The lowest BCUT2D eigenvalue weighted by atomic mass is 10.1. The van der Waals surface area contributed by atoms with Gasteiger partial charge in [-0.1, -0.05) is 24.3 Å². The zero-order chi connectivity index (χ0) is 21.5. The zero-order valence-corrected chi connectivity index (χ0v) is 17.4. The van der Waals surface area contributed by atoms with E-state index in [1.54, 1.807) is 18.3 Å². The standard InChI is InChI=1S/C25H25N5O/c26-13-15-28-25(31)21-8-6-20(7-9-21)23-12-14-27-24(29-23)18-19-4-10-22(11-5-19)30-16-2-1-3-17-30/h4-12,14H,1-3,15-18H2,(H,28,31). The van der Waals surface area contributed by atoms with Crippen LogP contribution < -0.4 is 10.2 Å². The molecular weight excluding hydrogens is 386 g/mol. The Morgan fingerprint density at radius 2 is 1.74 bits per heavy atom. The molecule has 0 radical (unpaired) electrons. The average molecular weight is 412 g/mol. The number of anilines is 1. The number of piperidine rings is 1. The molecule has 0 atom stereocenters. The normalized spacial score (nSPS) is 13.5. The molecule has 1 N–H and O–H groups in total. The van der Waals surface area contributed by atoms with Crippen molar-refractivity contribution in [2.75, 3.05) is 24.5 Å². The van der Waals surface area contributed by atoms with Crippen molar-refractivity contribution in [3.05, 3.63) is 77.7 Å². The van der Waals surface area contributed by atoms with E-state index in [1.807, 2.05) is 24.3 Å². The largest absolute Gasteiger partial charge is 0.372 e. The second-order valence-electron chi connectivity index (χ2n) is 7.67. The predicted molar refractivity (Wildman–Crippen MR) is 121 cm³/mol. The first kappa shape index (κ1) is 20.5. The number of hydrogen-bond acceptors (Lipinski definition) is 5. The maximum absolute atomic E-state index is 11.9. The maximum atomic E-state index is 11.9. The van der Waals surface area contributed by atoms with Crippen LogP contribution in [0.25, 0.3) is 11.3 Å². The van der Waals surface area contributed by atoms with Crippen LogP contribution in [-0.2, 0) is 6.42 Å². The molecule has 0 saturated carbocycles. The van der Waals surface area contributed by atoms with Gasteiger partial charge in [-0.25, -0.2) is 9.97 Å². The molecule has 2 aromatic carbocycles. The maximum Gasteiger partial charge on any atom is 0.252 e. The minimum atomic E-state index is -0.260. The highest BCUT2D eigenvalue weighted by Crippen LogP contribution is 2.22. The Morgan fingerprint density at radius 3 is 2.45 bits per heavy atom. The number of carbonyl (C=O) groups is 1. The number of nitrogens with zero attached hydrogens (tertiary/aromatic N) is 4. The van der Waals surface area contributed by atoms with Crippen molar-refractivity contribution in [1.82, 2.24) is 15.3 Å². The Morgan fingerprint density at radius 1 is 1.00 bits per heavy atom. The molecule has 1 saturated heterocycles. The summed E-state index contributed by atoms with van der Waals surface area (Å²) in [5.41, 5.74) is 4.72. The number of benzene rings is 2. The number of aromatic nitrogens is 2. The number of hydrogen-bond donors (Lipinski definition) is 1. The lowest BCUT2D eigenvalue weighted by Gasteiger charge is -2.28. The first-order valence-corrected chi connectivity index (χ1v) is 10.6. The second kappa shape index (κ2) is 9.86. The summed E-state index contributed by atoms with van der Waals surface area (Å²) in [6, 6.07) is 19.7. The Bertz CT molecular complexity index is 1060. The van der Waals surface area contributed by atoms with Crippen LogP contribution in [0.2, 0.25) is 0 Å². The third-order valence-corrected chi connectivity index (χ3v) is 5.50. The van der Waals surface area contributed by atoms with Crippen LogP contribution in [0.4, 0.5) is 5.69 Å². The monoisotopic (exact) mass is 411 g/mol. The molecule has 0 unspecified atom stereocenters. The molecule has 1 aliphatic rings. The molecule has 4 rings (SSSR count). The van der Waals surface area contributed by atoms with Crippen molar-refractivity contribution in [3.8, 4) is 17.3 Å². The van der Waals surface area contributed by atoms with Gasteiger partial charge in [-0.3, -0.25) is 4.79 Å². The van der Waals surface area contributed by atoms with Gasteiger partial charge in [0.05, 0.1) is 11.8 Å². The summed E-state index contributed by atoms with van der Waals surface area (Å²) >= 11 is 0. The summed E-state index contributed by atoms with van der Waals surface area (Å²) in [4.78, 5) is 23.5. The Labute approximate surface area is 182 Å². The summed E-state index contributed by atoms with van der Waals surface area (Å²) in [5, 5.41) is 11.1. The molecule has 0 aliphatic carbocycles. The molecule has 156 valence electrons. The molecule has 6 nitrogen and oxygen atoms in total. The Balaban J connectivity index is 1.43. The van der Waals surface area contributed by atoms with Gasteiger partial charge in [0.25, 0.3) is 5.91 Å². The van der Waals surface area contributed by atoms with E-state index < -0.39 is 0 Å². The van der Waals surface area contributed by atoms with Gasteiger partial charge in [-0.05, 0) is 55.2 Å². The van der Waals surface area contributed by atoms with E-state index in [9.17, 15) is 4.79 Å². The molecule has 1 amide bonds. The molecule has 1 fully saturated rings. The van der Waals surface area contributed by atoms with E-state index in [-0.39, 0.29) is 12.5 Å². The van der Waals surface area contributed by atoms with Gasteiger partial charge in [-0.15, -0.1) is 0 Å². The smallest absolute Gasteiger partial charge is 0.252 e. The number of carbonyl (C=O) groups excluding carboxylic acids is 1. The van der Waals surface area contributed by atoms with Crippen molar-refractivity contribution in [2.45, 2.75) is 25.7 Å². The minimum Gasteiger partial charge on any atom is -0.372 e. The van der Waals surface area contributed by atoms with E-state index in [2.05, 4.69) is 39.5 Å². The zero-order valence-electron chi connectivity index (χ0n) is 17.4. The minimum absolute atomic E-state index is 0.00509. The molecule has 2 heterocycles. The van der Waals surface area contributed by atoms with Crippen molar-refractivity contribution in [1.29, 1.82) is 5.26 Å². The fourth-order valence-corrected chi connectivity index (χ4v) is 3.82. The Hall–Kier alpha value is -3.72. The fraction of sp³-hybridized carbons (Fsp3) is 0.280. The topological polar surface area (TPSA) is 81.9 Å². The molecular formula is C25H25N5O. The van der Waals surface area contributed by atoms with Gasteiger partial charge in [0, 0.05) is 42.5 Å². The van der Waals surface area contributed by atoms with Crippen LogP contribution in [0.15, 0.2) is 60.8 Å². The summed E-state index contributed by atoms with van der Waals surface area (Å²) in [7, 11) is 0. The van der Waals surface area contributed by atoms with Crippen molar-refractivity contribution >= 4 is 11.6 Å². The third kappa shape index (κ3) is 5.26. The summed E-state index contributed by atoms with van der Waals surface area (Å²) in [6.07, 6.45) is 6.32. The average Bonchev–Trinajstić information content (AvgIpc) is 2.84. The third-order valence-electron chi connectivity index (χ3n) is 5.50. The van der Waals surface area contributed by atoms with Crippen LogP contribution in [0.3, 0.4) is 0 Å². The summed E-state index contributed by atoms with van der Waals surface area (Å²) in [5.74, 6) is 0.503. The van der Waals surface area contributed by atoms with E-state index in [4.69, 9.17) is 10.2 Å². The quantitative estimate of drug-likeness (QED) is 0.621. The summed E-state index contributed by atoms with van der Waals surface area (Å²) < 4.78 is 0. The van der Waals surface area contributed by atoms with E-state index >= 15 is 0 Å². The molecule has 3 aromatic rings. The van der Waals surface area contributed by atoms with Gasteiger partial charge in [0.1, 0.15) is 12.4 Å². The highest BCUT2D eigenvalue weighted by Gasteiger charge is 2.11. The number of rotatable bonds is 6. The number of nitrogens with one attached hydrogen (secondary N) is 1. The highest BCUT2D eigenvalue weighted by molar-refractivity contribution is 5.94. The molecule has 0 spiro atoms. The molecule has 1 aliphatic heterocycles. The predicted octanol–water partition coefficient (Wildman–Crippen LogP) is 3.98. The van der Waals surface area contributed by atoms with Crippen LogP contribution in [-0.4, -0.2) is 35.5 Å². The van der Waals surface area contributed by atoms with Gasteiger partial charge < -0.3 is 10.2 Å². The van der Waals surface area contributed by atoms with Crippen LogP contribution in [0, 0.1) is 11.3 Å². The van der Waals surface area contributed by atoms with Gasteiger partial charge in [-0.2, -0.15) is 5.26 Å². The first-order chi connectivity index (χ1) is 15.2. The van der Waals surface area contributed by atoms with Crippen LogP contribution >= 0.6 is 0 Å². The lowest BCUT2D eigenvalue weighted by Crippen LogP contribution is -2.29. The second-order valence-corrected chi connectivity index (χ2v) is 7.67. The fourth-order valence-electron chi connectivity index (χ4n) is 3.82. The van der Waals surface area contributed by atoms with E-state index in [0.29, 0.717) is 12.0 Å². The van der Waals surface area contributed by atoms with Crippen molar-refractivity contribution in [2.24, 2.45) is 0 Å². The number of amides is 1. The molecule has 6 heteroatoms. The van der Waals surface area contributed by atoms with Gasteiger partial charge in [0.2, 0.25) is 0 Å². The van der Waals surface area contributed by atoms with Crippen molar-refractivity contribution < 1.29 is 4.79 Å². The molecule has 0 bridgehead atoms. The van der Waals surface area contributed by atoms with E-state index in [0.717, 1.165) is 30.2 Å². The van der Waals surface area contributed by atoms with Gasteiger partial charge >= 0.3 is 0 Å². The van der Waals surface area contributed by atoms with Crippen molar-refractivity contribution in [3.63, 3.8) is 0 Å². The van der Waals surface area contributed by atoms with E-state index in [1.165, 1.54) is 30.5 Å². The SMILES string of the molecule is N#CCNC(=O)c1ccc(-c2ccnc(Cc3ccc(N4CCCCC4)cc3)n2)cc1. The van der Waals surface area contributed by atoms with Gasteiger partial charge in [0.15, 0.2) is 0 Å². The Kier molecular flexibility index (Phi) is 6.53. The first-order valence-electron chi connectivity index (χ1n) is 10.6. The number of nitriles is 1. The summed E-state index contributed by atoms with van der Waals surface area (Å²) in [6.45, 7) is 2.28. The molecule has 1 aromatic heterocycles. The van der Waals surface area contributed by atoms with Crippen LogP contribution in [0.1, 0.15) is 41.0 Å².